The Balaban J connectivity index is 1.61. The first-order valence-corrected chi connectivity index (χ1v) is 7.80. The van der Waals surface area contributed by atoms with Crippen LogP contribution >= 0.6 is 0 Å². The molecular formula is C16H17F3N4O2. The van der Waals surface area contributed by atoms with Crippen molar-refractivity contribution >= 4 is 5.91 Å². The van der Waals surface area contributed by atoms with E-state index in [0.717, 1.165) is 12.1 Å². The number of carbonyl (C=O) groups is 1. The van der Waals surface area contributed by atoms with Gasteiger partial charge in [-0.3, -0.25) is 4.79 Å². The molecule has 1 aromatic heterocycles. The smallest absolute Gasteiger partial charge is 0.374 e. The minimum absolute atomic E-state index is 0.0796. The number of nitrogens with zero attached hydrogens (tertiary/aromatic N) is 4. The maximum atomic E-state index is 12.8. The summed E-state index contributed by atoms with van der Waals surface area (Å²) in [6.07, 6.45) is -1.58. The largest absolute Gasteiger partial charge is 0.416 e. The number of amides is 1. The van der Waals surface area contributed by atoms with Crippen LogP contribution in [-0.2, 0) is 28.7 Å². The first kappa shape index (κ1) is 17.4. The Morgan fingerprint density at radius 2 is 2.20 bits per heavy atom. The van der Waals surface area contributed by atoms with Crippen LogP contribution in [0.25, 0.3) is 0 Å². The van der Waals surface area contributed by atoms with E-state index < -0.39 is 11.7 Å². The van der Waals surface area contributed by atoms with E-state index in [1.807, 2.05) is 0 Å². The summed E-state index contributed by atoms with van der Waals surface area (Å²) in [6, 6.07) is 5.18. The van der Waals surface area contributed by atoms with E-state index in [0.29, 0.717) is 31.7 Å². The van der Waals surface area contributed by atoms with Crippen molar-refractivity contribution in [3.05, 3.63) is 48.0 Å². The SMILES string of the molecule is O=C(Cn1cncn1)N1CCOC(Cc2cccc(C(F)(F)F)c2)C1. The van der Waals surface area contributed by atoms with E-state index in [4.69, 9.17) is 4.74 Å². The number of ether oxygens (including phenoxy) is 1. The Hall–Kier alpha value is -2.42. The van der Waals surface area contributed by atoms with Crippen molar-refractivity contribution in [2.24, 2.45) is 0 Å². The zero-order valence-corrected chi connectivity index (χ0v) is 13.3. The van der Waals surface area contributed by atoms with Crippen LogP contribution in [0.1, 0.15) is 11.1 Å². The molecule has 0 saturated carbocycles. The van der Waals surface area contributed by atoms with Gasteiger partial charge in [0.05, 0.1) is 18.3 Å². The van der Waals surface area contributed by atoms with Gasteiger partial charge in [-0.1, -0.05) is 18.2 Å². The van der Waals surface area contributed by atoms with Gasteiger partial charge in [0.25, 0.3) is 0 Å². The lowest BCUT2D eigenvalue weighted by atomic mass is 10.0. The lowest BCUT2D eigenvalue weighted by molar-refractivity contribution is -0.139. The van der Waals surface area contributed by atoms with E-state index in [1.54, 1.807) is 11.0 Å². The highest BCUT2D eigenvalue weighted by molar-refractivity contribution is 5.76. The number of rotatable bonds is 4. The Labute approximate surface area is 142 Å². The second-order valence-electron chi connectivity index (χ2n) is 5.83. The van der Waals surface area contributed by atoms with Crippen molar-refractivity contribution in [3.8, 4) is 0 Å². The molecule has 2 aromatic rings. The first-order valence-electron chi connectivity index (χ1n) is 7.80. The Morgan fingerprint density at radius 1 is 1.36 bits per heavy atom. The second-order valence-corrected chi connectivity index (χ2v) is 5.83. The van der Waals surface area contributed by atoms with Gasteiger partial charge in [0.15, 0.2) is 0 Å². The number of halogens is 3. The highest BCUT2D eigenvalue weighted by Gasteiger charge is 2.31. The summed E-state index contributed by atoms with van der Waals surface area (Å²) in [5, 5.41) is 3.89. The Bertz CT molecular complexity index is 718. The van der Waals surface area contributed by atoms with Crippen LogP contribution in [-0.4, -0.2) is 51.4 Å². The third-order valence-electron chi connectivity index (χ3n) is 3.97. The van der Waals surface area contributed by atoms with E-state index in [1.165, 1.54) is 23.4 Å². The summed E-state index contributed by atoms with van der Waals surface area (Å²) in [6.45, 7) is 1.22. The second kappa shape index (κ2) is 7.22. The number of alkyl halides is 3. The van der Waals surface area contributed by atoms with Gasteiger partial charge in [-0.25, -0.2) is 9.67 Å². The molecule has 0 aliphatic carbocycles. The van der Waals surface area contributed by atoms with E-state index in [-0.39, 0.29) is 18.6 Å². The van der Waals surface area contributed by atoms with Crippen molar-refractivity contribution in [1.29, 1.82) is 0 Å². The molecule has 9 heteroatoms. The Kier molecular flexibility index (Phi) is 5.03. The van der Waals surface area contributed by atoms with Crippen molar-refractivity contribution in [3.63, 3.8) is 0 Å². The fourth-order valence-electron chi connectivity index (χ4n) is 2.76. The molecule has 1 aromatic carbocycles. The average Bonchev–Trinajstić information content (AvgIpc) is 3.07. The molecule has 134 valence electrons. The molecule has 0 bridgehead atoms. The maximum Gasteiger partial charge on any atom is 0.416 e. The monoisotopic (exact) mass is 354 g/mol. The number of hydrogen-bond acceptors (Lipinski definition) is 4. The van der Waals surface area contributed by atoms with Gasteiger partial charge in [0.1, 0.15) is 19.2 Å². The standard InChI is InChI=1S/C16H17F3N4O2/c17-16(18,19)13-3-1-2-12(6-13)7-14-8-22(4-5-25-14)15(24)9-23-11-20-10-21-23/h1-3,6,10-11,14H,4-5,7-9H2. The van der Waals surface area contributed by atoms with Gasteiger partial charge >= 0.3 is 6.18 Å². The van der Waals surface area contributed by atoms with Crippen molar-refractivity contribution in [2.45, 2.75) is 25.2 Å². The zero-order valence-electron chi connectivity index (χ0n) is 13.3. The average molecular weight is 354 g/mol. The summed E-state index contributed by atoms with van der Waals surface area (Å²) in [5.41, 5.74) is -0.148. The molecule has 2 heterocycles. The van der Waals surface area contributed by atoms with Crippen molar-refractivity contribution < 1.29 is 22.7 Å². The predicted molar refractivity (Wildman–Crippen MR) is 81.5 cm³/mol. The number of morpholine rings is 1. The zero-order chi connectivity index (χ0) is 17.9. The van der Waals surface area contributed by atoms with Crippen LogP contribution in [0.2, 0.25) is 0 Å². The van der Waals surface area contributed by atoms with Crippen LogP contribution in [0.4, 0.5) is 13.2 Å². The lowest BCUT2D eigenvalue weighted by Crippen LogP contribution is -2.47. The Morgan fingerprint density at radius 3 is 2.92 bits per heavy atom. The quantitative estimate of drug-likeness (QED) is 0.840. The molecule has 1 aliphatic rings. The van der Waals surface area contributed by atoms with Gasteiger partial charge in [0.2, 0.25) is 5.91 Å². The molecule has 6 nitrogen and oxygen atoms in total. The molecular weight excluding hydrogens is 337 g/mol. The minimum atomic E-state index is -4.37. The molecule has 1 unspecified atom stereocenters. The fraction of sp³-hybridized carbons (Fsp3) is 0.438. The molecule has 1 atom stereocenters. The summed E-state index contributed by atoms with van der Waals surface area (Å²) in [4.78, 5) is 17.7. The third kappa shape index (κ3) is 4.56. The molecule has 1 saturated heterocycles. The molecule has 0 N–H and O–H groups in total. The number of benzene rings is 1. The van der Waals surface area contributed by atoms with Crippen LogP contribution < -0.4 is 0 Å². The minimum Gasteiger partial charge on any atom is -0.374 e. The fourth-order valence-corrected chi connectivity index (χ4v) is 2.76. The van der Waals surface area contributed by atoms with Gasteiger partial charge in [-0.05, 0) is 11.6 Å². The first-order chi connectivity index (χ1) is 11.9. The normalized spacial score (nSPS) is 18.4. The van der Waals surface area contributed by atoms with Gasteiger partial charge in [-0.15, -0.1) is 0 Å². The van der Waals surface area contributed by atoms with Crippen molar-refractivity contribution in [2.75, 3.05) is 19.7 Å². The summed E-state index contributed by atoms with van der Waals surface area (Å²) in [7, 11) is 0. The highest BCUT2D eigenvalue weighted by atomic mass is 19.4. The summed E-state index contributed by atoms with van der Waals surface area (Å²) < 4.78 is 45.4. The maximum absolute atomic E-state index is 12.8. The topological polar surface area (TPSA) is 60.2 Å². The molecule has 1 aliphatic heterocycles. The number of aromatic nitrogens is 3. The molecule has 1 amide bonds. The van der Waals surface area contributed by atoms with Crippen LogP contribution in [0.15, 0.2) is 36.9 Å². The van der Waals surface area contributed by atoms with Gasteiger partial charge < -0.3 is 9.64 Å². The van der Waals surface area contributed by atoms with Gasteiger partial charge in [-0.2, -0.15) is 18.3 Å². The number of hydrogen-bond donors (Lipinski definition) is 0. The number of carbonyl (C=O) groups excluding carboxylic acids is 1. The summed E-state index contributed by atoms with van der Waals surface area (Å²) >= 11 is 0. The lowest BCUT2D eigenvalue weighted by Gasteiger charge is -2.33. The molecule has 3 rings (SSSR count). The van der Waals surface area contributed by atoms with Gasteiger partial charge in [0, 0.05) is 19.5 Å². The van der Waals surface area contributed by atoms with Crippen LogP contribution in [0, 0.1) is 0 Å². The van der Waals surface area contributed by atoms with Crippen LogP contribution in [0.5, 0.6) is 0 Å². The molecule has 0 radical (unpaired) electrons. The summed E-state index contributed by atoms with van der Waals surface area (Å²) in [5.74, 6) is -0.122. The molecule has 0 spiro atoms. The molecule has 25 heavy (non-hydrogen) atoms. The third-order valence-corrected chi connectivity index (χ3v) is 3.97. The highest BCUT2D eigenvalue weighted by Crippen LogP contribution is 2.30. The predicted octanol–water partition coefficient (Wildman–Crippen LogP) is 1.77. The van der Waals surface area contributed by atoms with E-state index in [2.05, 4.69) is 10.1 Å². The van der Waals surface area contributed by atoms with E-state index in [9.17, 15) is 18.0 Å². The van der Waals surface area contributed by atoms with Crippen LogP contribution in [0.3, 0.4) is 0 Å². The van der Waals surface area contributed by atoms with Crippen molar-refractivity contribution in [1.82, 2.24) is 19.7 Å². The molecule has 1 fully saturated rings. The van der Waals surface area contributed by atoms with E-state index >= 15 is 0 Å².